The first-order chi connectivity index (χ1) is 13.0. The number of hydrogen-bond acceptors (Lipinski definition) is 5. The zero-order chi connectivity index (χ0) is 19.4. The molecule has 1 aromatic heterocycles. The van der Waals surface area contributed by atoms with Gasteiger partial charge in [-0.2, -0.15) is 0 Å². The van der Waals surface area contributed by atoms with Crippen LogP contribution in [0.3, 0.4) is 0 Å². The van der Waals surface area contributed by atoms with Gasteiger partial charge in [0.15, 0.2) is 10.8 Å². The van der Waals surface area contributed by atoms with Gasteiger partial charge in [-0.05, 0) is 30.6 Å². The number of aromatic nitrogens is 2. The lowest BCUT2D eigenvalue weighted by Crippen LogP contribution is -2.47. The van der Waals surface area contributed by atoms with Crippen LogP contribution >= 0.6 is 12.2 Å². The van der Waals surface area contributed by atoms with Crippen LogP contribution in [0.5, 0.6) is 0 Å². The van der Waals surface area contributed by atoms with E-state index in [1.165, 1.54) is 4.57 Å². The number of nitrogen functional groups attached to an aromatic ring is 1. The molecule has 0 saturated carbocycles. The molecule has 2 aromatic rings. The zero-order valence-electron chi connectivity index (χ0n) is 15.1. The quantitative estimate of drug-likeness (QED) is 0.645. The fourth-order valence-corrected chi connectivity index (χ4v) is 3.33. The maximum absolute atomic E-state index is 12.6. The second-order valence-corrected chi connectivity index (χ2v) is 6.75. The molecule has 0 bridgehead atoms. The van der Waals surface area contributed by atoms with Crippen molar-refractivity contribution >= 4 is 28.8 Å². The minimum atomic E-state index is -0.572. The third kappa shape index (κ3) is 4.20. The Labute approximate surface area is 161 Å². The number of nitrogens with zero attached hydrogens (tertiary/aromatic N) is 2. The van der Waals surface area contributed by atoms with E-state index in [-0.39, 0.29) is 24.2 Å². The number of aromatic amines is 1. The van der Waals surface area contributed by atoms with Gasteiger partial charge in [-0.25, -0.2) is 4.79 Å². The number of ether oxygens (including phenoxy) is 1. The van der Waals surface area contributed by atoms with Gasteiger partial charge < -0.3 is 20.7 Å². The molecule has 1 saturated heterocycles. The Morgan fingerprint density at radius 1 is 1.41 bits per heavy atom. The second-order valence-electron chi connectivity index (χ2n) is 6.37. The van der Waals surface area contributed by atoms with Crippen molar-refractivity contribution in [1.82, 2.24) is 14.9 Å². The molecule has 1 atom stereocenters. The molecule has 4 N–H and O–H groups in total. The molecule has 2 heterocycles. The molecular weight excluding hydrogens is 366 g/mol. The number of anilines is 2. The van der Waals surface area contributed by atoms with E-state index >= 15 is 0 Å². The van der Waals surface area contributed by atoms with Crippen molar-refractivity contribution in [3.63, 3.8) is 0 Å². The van der Waals surface area contributed by atoms with E-state index in [2.05, 4.69) is 10.3 Å². The van der Waals surface area contributed by atoms with Crippen LogP contribution in [0.2, 0.25) is 0 Å². The predicted octanol–water partition coefficient (Wildman–Crippen LogP) is 0.657. The first kappa shape index (κ1) is 19.1. The molecular formula is C18H23N5O3S. The minimum Gasteiger partial charge on any atom is -0.383 e. The van der Waals surface area contributed by atoms with Crippen LogP contribution < -0.4 is 27.2 Å². The maximum Gasteiger partial charge on any atom is 0.330 e. The summed E-state index contributed by atoms with van der Waals surface area (Å²) in [5.41, 5.74) is 6.19. The average molecular weight is 389 g/mol. The highest BCUT2D eigenvalue weighted by Crippen LogP contribution is 2.21. The summed E-state index contributed by atoms with van der Waals surface area (Å²) in [5, 5.41) is 3.22. The summed E-state index contributed by atoms with van der Waals surface area (Å²) in [6.07, 6.45) is 1.79. The largest absolute Gasteiger partial charge is 0.383 e. The van der Waals surface area contributed by atoms with Crippen molar-refractivity contribution in [3.05, 3.63) is 56.7 Å². The fourth-order valence-electron chi connectivity index (χ4n) is 3.16. The van der Waals surface area contributed by atoms with Crippen LogP contribution in [0.25, 0.3) is 0 Å². The van der Waals surface area contributed by atoms with E-state index in [1.54, 1.807) is 11.9 Å². The van der Waals surface area contributed by atoms with Gasteiger partial charge in [0.2, 0.25) is 0 Å². The Morgan fingerprint density at radius 2 is 2.15 bits per heavy atom. The van der Waals surface area contributed by atoms with Gasteiger partial charge in [-0.3, -0.25) is 14.3 Å². The van der Waals surface area contributed by atoms with Gasteiger partial charge in [0.1, 0.15) is 5.82 Å². The molecule has 0 amide bonds. The summed E-state index contributed by atoms with van der Waals surface area (Å²) in [7, 11) is 1.68. The number of thiocarbonyl (C=S) groups is 1. The molecule has 1 aliphatic rings. The monoisotopic (exact) mass is 389 g/mol. The summed E-state index contributed by atoms with van der Waals surface area (Å²) < 4.78 is 7.02. The van der Waals surface area contributed by atoms with E-state index in [0.717, 1.165) is 18.4 Å². The van der Waals surface area contributed by atoms with E-state index in [9.17, 15) is 9.59 Å². The molecule has 3 rings (SSSR count). The van der Waals surface area contributed by atoms with Gasteiger partial charge in [-0.15, -0.1) is 0 Å². The summed E-state index contributed by atoms with van der Waals surface area (Å²) >= 11 is 5.38. The molecule has 8 nitrogen and oxygen atoms in total. The zero-order valence-corrected chi connectivity index (χ0v) is 15.9. The third-order valence-corrected chi connectivity index (χ3v) is 4.96. The number of nitrogens with two attached hydrogens (primary N) is 1. The Bertz CT molecular complexity index is 919. The SMILES string of the molecule is CNC(=S)N(C[C@@H]1CCCO1)c1c(N)n(Cc2ccccc2)c(=O)[nH]c1=O. The topological polar surface area (TPSA) is 105 Å². The van der Waals surface area contributed by atoms with E-state index in [4.69, 9.17) is 22.7 Å². The standard InChI is InChI=1S/C18H23N5O3S/c1-20-18(27)22(11-13-8-5-9-26-13)14-15(19)23(17(25)21-16(14)24)10-12-6-3-2-4-7-12/h2-4,6-7,13H,5,8-11,19H2,1H3,(H,20,27)(H,21,24,25)/t13-/m0/s1. The van der Waals surface area contributed by atoms with Crippen LogP contribution in [0.1, 0.15) is 18.4 Å². The van der Waals surface area contributed by atoms with E-state index < -0.39 is 11.2 Å². The molecule has 27 heavy (non-hydrogen) atoms. The Kier molecular flexibility index (Phi) is 5.92. The van der Waals surface area contributed by atoms with Crippen molar-refractivity contribution in [2.24, 2.45) is 0 Å². The lowest BCUT2D eigenvalue weighted by atomic mass is 10.2. The number of H-pyrrole nitrogens is 1. The van der Waals surface area contributed by atoms with Crippen molar-refractivity contribution < 1.29 is 4.74 Å². The smallest absolute Gasteiger partial charge is 0.330 e. The van der Waals surface area contributed by atoms with Crippen LogP contribution in [0.15, 0.2) is 39.9 Å². The summed E-state index contributed by atoms with van der Waals surface area (Å²) in [5.74, 6) is 0.0724. The van der Waals surface area contributed by atoms with Crippen molar-refractivity contribution in [3.8, 4) is 0 Å². The number of rotatable bonds is 5. The average Bonchev–Trinajstić information content (AvgIpc) is 3.17. The lowest BCUT2D eigenvalue weighted by molar-refractivity contribution is 0.118. The molecule has 144 valence electrons. The first-order valence-corrected chi connectivity index (χ1v) is 9.19. The molecule has 0 aliphatic carbocycles. The summed E-state index contributed by atoms with van der Waals surface area (Å²) in [4.78, 5) is 28.9. The van der Waals surface area contributed by atoms with Crippen LogP contribution in [0, 0.1) is 0 Å². The highest BCUT2D eigenvalue weighted by atomic mass is 32.1. The van der Waals surface area contributed by atoms with Gasteiger partial charge in [0, 0.05) is 13.7 Å². The van der Waals surface area contributed by atoms with Crippen molar-refractivity contribution in [2.45, 2.75) is 25.5 Å². The molecule has 0 unspecified atom stereocenters. The van der Waals surface area contributed by atoms with Crippen LogP contribution in [-0.4, -0.2) is 41.0 Å². The summed E-state index contributed by atoms with van der Waals surface area (Å²) in [6, 6.07) is 9.42. The molecule has 9 heteroatoms. The van der Waals surface area contributed by atoms with E-state index in [0.29, 0.717) is 18.3 Å². The maximum atomic E-state index is 12.6. The number of nitrogens with one attached hydrogen (secondary N) is 2. The van der Waals surface area contributed by atoms with Gasteiger partial charge in [-0.1, -0.05) is 30.3 Å². The van der Waals surface area contributed by atoms with E-state index in [1.807, 2.05) is 30.3 Å². The normalized spacial score (nSPS) is 16.3. The van der Waals surface area contributed by atoms with Crippen LogP contribution in [-0.2, 0) is 11.3 Å². The highest BCUT2D eigenvalue weighted by Gasteiger charge is 2.26. The van der Waals surface area contributed by atoms with Crippen molar-refractivity contribution in [1.29, 1.82) is 0 Å². The number of benzene rings is 1. The molecule has 1 aromatic carbocycles. The summed E-state index contributed by atoms with van der Waals surface area (Å²) in [6.45, 7) is 1.32. The Hall–Kier alpha value is -2.65. The molecule has 1 aliphatic heterocycles. The Balaban J connectivity index is 2.03. The highest BCUT2D eigenvalue weighted by molar-refractivity contribution is 7.80. The number of hydrogen-bond donors (Lipinski definition) is 3. The van der Waals surface area contributed by atoms with Gasteiger partial charge in [0.05, 0.1) is 19.2 Å². The minimum absolute atomic E-state index is 0.0513. The molecule has 0 radical (unpaired) electrons. The van der Waals surface area contributed by atoms with Gasteiger partial charge in [0.25, 0.3) is 5.56 Å². The molecule has 1 fully saturated rings. The predicted molar refractivity (Wildman–Crippen MR) is 109 cm³/mol. The fraction of sp³-hybridized carbons (Fsp3) is 0.389. The second kappa shape index (κ2) is 8.36. The van der Waals surface area contributed by atoms with Crippen molar-refractivity contribution in [2.75, 3.05) is 30.8 Å². The Morgan fingerprint density at radius 3 is 2.78 bits per heavy atom. The molecule has 0 spiro atoms. The van der Waals surface area contributed by atoms with Crippen LogP contribution in [0.4, 0.5) is 11.5 Å². The third-order valence-electron chi connectivity index (χ3n) is 4.54. The van der Waals surface area contributed by atoms with Gasteiger partial charge >= 0.3 is 5.69 Å². The first-order valence-electron chi connectivity index (χ1n) is 8.78. The lowest BCUT2D eigenvalue weighted by Gasteiger charge is -2.28.